The number of aromatic nitrogens is 4. The molecule has 0 saturated heterocycles. The highest BCUT2D eigenvalue weighted by molar-refractivity contribution is 5.72. The lowest BCUT2D eigenvalue weighted by atomic mass is 10.2. The van der Waals surface area contributed by atoms with Crippen LogP contribution in [0.4, 0.5) is 4.39 Å². The number of imidazole rings is 1. The van der Waals surface area contributed by atoms with E-state index >= 15 is 0 Å². The van der Waals surface area contributed by atoms with Gasteiger partial charge in [-0.25, -0.2) is 18.7 Å². The minimum Gasteiger partial charge on any atom is -0.497 e. The second kappa shape index (κ2) is 7.54. The van der Waals surface area contributed by atoms with Crippen molar-refractivity contribution in [1.82, 2.24) is 18.7 Å². The van der Waals surface area contributed by atoms with Crippen LogP contribution in [-0.2, 0) is 13.1 Å². The largest absolute Gasteiger partial charge is 0.497 e. The predicted octanol–water partition coefficient (Wildman–Crippen LogP) is 2.95. The molecule has 0 atom stereocenters. The summed E-state index contributed by atoms with van der Waals surface area (Å²) in [5, 5.41) is 0. The number of hydrogen-bond acceptors (Lipinski definition) is 4. The Morgan fingerprint density at radius 3 is 2.58 bits per heavy atom. The summed E-state index contributed by atoms with van der Waals surface area (Å²) in [5.74, 6) is 0.600. The van der Waals surface area contributed by atoms with Gasteiger partial charge in [0.1, 0.15) is 11.6 Å². The van der Waals surface area contributed by atoms with Crippen molar-refractivity contribution in [2.75, 3.05) is 7.11 Å². The summed E-state index contributed by atoms with van der Waals surface area (Å²) in [4.78, 5) is 31.0. The summed E-state index contributed by atoms with van der Waals surface area (Å²) in [6, 6.07) is 13.3. The number of fused-ring (bicyclic) bond motifs is 1. The van der Waals surface area contributed by atoms with Gasteiger partial charge >= 0.3 is 5.69 Å². The van der Waals surface area contributed by atoms with Crippen molar-refractivity contribution < 1.29 is 9.13 Å². The summed E-state index contributed by atoms with van der Waals surface area (Å²) in [5.41, 5.74) is 0.975. The van der Waals surface area contributed by atoms with Crippen molar-refractivity contribution in [2.45, 2.75) is 25.9 Å². The maximum atomic E-state index is 13.9. The Balaban J connectivity index is 1.71. The molecule has 0 unspecified atom stereocenters. The number of benzene rings is 2. The van der Waals surface area contributed by atoms with Crippen LogP contribution in [0.15, 0.2) is 64.4 Å². The topological polar surface area (TPSA) is 71.1 Å². The second-order valence-corrected chi connectivity index (χ2v) is 7.85. The van der Waals surface area contributed by atoms with Gasteiger partial charge in [-0.15, -0.1) is 0 Å². The molecule has 5 rings (SSSR count). The van der Waals surface area contributed by atoms with E-state index in [1.165, 1.54) is 27.3 Å². The quantitative estimate of drug-likeness (QED) is 0.481. The van der Waals surface area contributed by atoms with E-state index in [0.29, 0.717) is 30.2 Å². The molecule has 31 heavy (non-hydrogen) atoms. The van der Waals surface area contributed by atoms with Gasteiger partial charge in [0.15, 0.2) is 11.2 Å². The Morgan fingerprint density at radius 1 is 1.13 bits per heavy atom. The van der Waals surface area contributed by atoms with Gasteiger partial charge in [-0.3, -0.25) is 9.36 Å². The highest BCUT2D eigenvalue weighted by Gasteiger charge is 2.26. The summed E-state index contributed by atoms with van der Waals surface area (Å²) in [6.07, 6.45) is 3.54. The molecule has 0 bridgehead atoms. The number of halogens is 1. The first-order valence-electron chi connectivity index (χ1n) is 10.1. The number of hydrogen-bond donors (Lipinski definition) is 0. The van der Waals surface area contributed by atoms with Crippen molar-refractivity contribution in [3.63, 3.8) is 0 Å². The molecule has 4 aromatic rings. The van der Waals surface area contributed by atoms with Crippen LogP contribution >= 0.6 is 0 Å². The minimum atomic E-state index is -0.496. The van der Waals surface area contributed by atoms with Crippen molar-refractivity contribution >= 4 is 11.2 Å². The lowest BCUT2D eigenvalue weighted by Gasteiger charge is -2.13. The summed E-state index contributed by atoms with van der Waals surface area (Å²) in [6.45, 7) is 0.761. The number of nitrogens with zero attached hydrogens (tertiary/aromatic N) is 4. The van der Waals surface area contributed by atoms with Crippen LogP contribution in [-0.4, -0.2) is 25.8 Å². The van der Waals surface area contributed by atoms with E-state index in [4.69, 9.17) is 4.74 Å². The predicted molar refractivity (Wildman–Crippen MR) is 114 cm³/mol. The molecule has 2 aromatic carbocycles. The van der Waals surface area contributed by atoms with E-state index in [0.717, 1.165) is 24.2 Å². The van der Waals surface area contributed by atoms with Crippen LogP contribution in [0.2, 0.25) is 0 Å². The Labute approximate surface area is 177 Å². The molecule has 8 heteroatoms. The zero-order valence-corrected chi connectivity index (χ0v) is 17.0. The van der Waals surface area contributed by atoms with Crippen molar-refractivity contribution in [3.05, 3.63) is 87.1 Å². The molecular weight excluding hydrogens is 399 g/mol. The van der Waals surface area contributed by atoms with Gasteiger partial charge < -0.3 is 9.30 Å². The van der Waals surface area contributed by atoms with Crippen LogP contribution in [0.5, 0.6) is 5.75 Å². The zero-order chi connectivity index (χ0) is 21.5. The Morgan fingerprint density at radius 2 is 1.90 bits per heavy atom. The van der Waals surface area contributed by atoms with Crippen LogP contribution in [0.3, 0.4) is 0 Å². The molecule has 2 heterocycles. The molecular formula is C23H21FN4O3. The average Bonchev–Trinajstić information content (AvgIpc) is 3.50. The normalized spacial score (nSPS) is 13.6. The molecule has 1 aliphatic rings. The molecule has 1 aliphatic carbocycles. The lowest BCUT2D eigenvalue weighted by Crippen LogP contribution is -2.40. The number of rotatable bonds is 6. The third-order valence-electron chi connectivity index (χ3n) is 5.62. The third kappa shape index (κ3) is 3.54. The van der Waals surface area contributed by atoms with Gasteiger partial charge in [-0.1, -0.05) is 18.2 Å². The highest BCUT2D eigenvalue weighted by Crippen LogP contribution is 2.30. The Kier molecular flexibility index (Phi) is 4.69. The number of methoxy groups -OCH3 is 1. The van der Waals surface area contributed by atoms with E-state index in [1.807, 2.05) is 24.3 Å². The van der Waals surface area contributed by atoms with E-state index in [-0.39, 0.29) is 11.2 Å². The molecule has 0 radical (unpaired) electrons. The van der Waals surface area contributed by atoms with E-state index < -0.39 is 11.5 Å². The second-order valence-electron chi connectivity index (χ2n) is 7.85. The van der Waals surface area contributed by atoms with Crippen LogP contribution < -0.4 is 16.0 Å². The van der Waals surface area contributed by atoms with Gasteiger partial charge in [-0.2, -0.15) is 0 Å². The number of ether oxygens (including phenoxy) is 1. The van der Waals surface area contributed by atoms with E-state index in [2.05, 4.69) is 4.98 Å². The van der Waals surface area contributed by atoms with Crippen molar-refractivity contribution in [1.29, 1.82) is 0 Å². The van der Waals surface area contributed by atoms with Gasteiger partial charge in [0.2, 0.25) is 0 Å². The zero-order valence-electron chi connectivity index (χ0n) is 17.0. The summed E-state index contributed by atoms with van der Waals surface area (Å²) in [7, 11) is 1.60. The fourth-order valence-corrected chi connectivity index (χ4v) is 3.79. The van der Waals surface area contributed by atoms with Crippen LogP contribution in [0, 0.1) is 11.7 Å². The molecule has 1 saturated carbocycles. The standard InChI is InChI=1S/C23H21FN4O3/c1-31-19-9-7-15(8-10-19)12-26-14-25-21-20(26)22(29)27(13-16-5-6-16)23(30)28(21)18-4-2-3-17(24)11-18/h2-4,7-11,14,16H,5-6,12-13H2,1H3. The fourth-order valence-electron chi connectivity index (χ4n) is 3.79. The van der Waals surface area contributed by atoms with Crippen LogP contribution in [0.1, 0.15) is 18.4 Å². The van der Waals surface area contributed by atoms with Crippen molar-refractivity contribution in [3.8, 4) is 11.4 Å². The van der Waals surface area contributed by atoms with Gasteiger partial charge in [0.05, 0.1) is 19.1 Å². The van der Waals surface area contributed by atoms with Gasteiger partial charge in [-0.05, 0) is 54.7 Å². The van der Waals surface area contributed by atoms with Gasteiger partial charge in [0.25, 0.3) is 5.56 Å². The molecule has 158 valence electrons. The first-order chi connectivity index (χ1) is 15.0. The maximum Gasteiger partial charge on any atom is 0.337 e. The van der Waals surface area contributed by atoms with Crippen LogP contribution in [0.25, 0.3) is 16.9 Å². The first-order valence-corrected chi connectivity index (χ1v) is 10.1. The minimum absolute atomic E-state index is 0.223. The third-order valence-corrected chi connectivity index (χ3v) is 5.62. The maximum absolute atomic E-state index is 13.9. The van der Waals surface area contributed by atoms with E-state index in [1.54, 1.807) is 24.1 Å². The molecule has 1 fully saturated rings. The molecule has 0 spiro atoms. The lowest BCUT2D eigenvalue weighted by molar-refractivity contribution is 0.414. The first kappa shape index (κ1) is 19.3. The smallest absolute Gasteiger partial charge is 0.337 e. The molecule has 7 nitrogen and oxygen atoms in total. The Hall–Kier alpha value is -3.68. The summed E-state index contributed by atoms with van der Waals surface area (Å²) >= 11 is 0. The molecule has 0 amide bonds. The molecule has 2 aromatic heterocycles. The SMILES string of the molecule is COc1ccc(Cn2cnc3c2c(=O)n(CC2CC2)c(=O)n3-c2cccc(F)c2)cc1. The average molecular weight is 420 g/mol. The summed E-state index contributed by atoms with van der Waals surface area (Å²) < 4.78 is 23.4. The molecule has 0 N–H and O–H groups in total. The molecule has 0 aliphatic heterocycles. The Bertz CT molecular complexity index is 1380. The highest BCUT2D eigenvalue weighted by atomic mass is 19.1. The van der Waals surface area contributed by atoms with Gasteiger partial charge in [0, 0.05) is 13.1 Å². The van der Waals surface area contributed by atoms with Crippen molar-refractivity contribution in [2.24, 2.45) is 5.92 Å². The monoisotopic (exact) mass is 420 g/mol. The fraction of sp³-hybridized carbons (Fsp3) is 0.261. The van der Waals surface area contributed by atoms with E-state index in [9.17, 15) is 14.0 Å².